The first-order valence-electron chi connectivity index (χ1n) is 11.8. The van der Waals surface area contributed by atoms with Crippen LogP contribution < -0.4 is 15.1 Å². The molecule has 0 atom stereocenters. The van der Waals surface area contributed by atoms with Crippen molar-refractivity contribution < 1.29 is 9.59 Å². The lowest BCUT2D eigenvalue weighted by Crippen LogP contribution is -2.40. The van der Waals surface area contributed by atoms with E-state index in [1.165, 1.54) is 24.2 Å². The summed E-state index contributed by atoms with van der Waals surface area (Å²) in [6.07, 6.45) is 2.42. The Hall–Kier alpha value is -3.65. The molecule has 1 aliphatic heterocycles. The smallest absolute Gasteiger partial charge is 0.262 e. The Morgan fingerprint density at radius 3 is 2.43 bits per heavy atom. The average molecular weight is 488 g/mol. The lowest BCUT2D eigenvalue weighted by molar-refractivity contribution is 0.0915. The predicted octanol–water partition coefficient (Wildman–Crippen LogP) is 5.17. The summed E-state index contributed by atoms with van der Waals surface area (Å²) >= 11 is 1.31. The minimum Gasteiger partial charge on any atom is -0.372 e. The van der Waals surface area contributed by atoms with Crippen LogP contribution in [0, 0.1) is 0 Å². The highest BCUT2D eigenvalue weighted by Crippen LogP contribution is 2.32. The van der Waals surface area contributed by atoms with Crippen LogP contribution in [0.3, 0.4) is 0 Å². The molecule has 180 valence electrons. The van der Waals surface area contributed by atoms with Gasteiger partial charge in [0.1, 0.15) is 10.6 Å². The average Bonchev–Trinajstić information content (AvgIpc) is 3.61. The van der Waals surface area contributed by atoms with Gasteiger partial charge in [0.2, 0.25) is 0 Å². The first-order chi connectivity index (χ1) is 16.8. The fraction of sp³-hybridized carbons (Fsp3) is 0.296. The SMILES string of the molecule is CN(C(=O)c1ccc(N2CCCC2)cc1)c1[nH]nc2sc(C(=O)NC(C)(C)c3ccccc3)cc12. The molecule has 2 aromatic heterocycles. The molecule has 2 amide bonds. The van der Waals surface area contributed by atoms with E-state index in [4.69, 9.17) is 0 Å². The molecule has 0 bridgehead atoms. The van der Waals surface area contributed by atoms with Gasteiger partial charge in [-0.3, -0.25) is 19.6 Å². The van der Waals surface area contributed by atoms with Gasteiger partial charge in [0.05, 0.1) is 15.8 Å². The molecule has 7 nitrogen and oxygen atoms in total. The molecule has 1 fully saturated rings. The van der Waals surface area contributed by atoms with Gasteiger partial charge in [-0.1, -0.05) is 30.3 Å². The second kappa shape index (κ2) is 9.19. The Morgan fingerprint density at radius 2 is 1.74 bits per heavy atom. The molecule has 2 N–H and O–H groups in total. The summed E-state index contributed by atoms with van der Waals surface area (Å²) in [5.41, 5.74) is 2.26. The van der Waals surface area contributed by atoms with Crippen LogP contribution in [0.15, 0.2) is 60.7 Å². The fourth-order valence-corrected chi connectivity index (χ4v) is 5.41. The van der Waals surface area contributed by atoms with Gasteiger partial charge in [0.25, 0.3) is 11.8 Å². The number of benzene rings is 2. The van der Waals surface area contributed by atoms with Crippen molar-refractivity contribution in [2.24, 2.45) is 0 Å². The van der Waals surface area contributed by atoms with E-state index in [0.717, 1.165) is 29.7 Å². The highest BCUT2D eigenvalue weighted by Gasteiger charge is 2.26. The number of anilines is 2. The number of fused-ring (bicyclic) bond motifs is 1. The number of thiophene rings is 1. The Balaban J connectivity index is 1.33. The van der Waals surface area contributed by atoms with Gasteiger partial charge in [-0.25, -0.2) is 0 Å². The summed E-state index contributed by atoms with van der Waals surface area (Å²) in [7, 11) is 1.72. The van der Waals surface area contributed by atoms with Crippen molar-refractivity contribution in [3.63, 3.8) is 0 Å². The zero-order valence-electron chi connectivity index (χ0n) is 20.2. The maximum Gasteiger partial charge on any atom is 0.262 e. The van der Waals surface area contributed by atoms with Gasteiger partial charge in [0, 0.05) is 31.4 Å². The number of carbonyl (C=O) groups excluding carboxylic acids is 2. The van der Waals surface area contributed by atoms with E-state index >= 15 is 0 Å². The molecule has 35 heavy (non-hydrogen) atoms. The molecular weight excluding hydrogens is 458 g/mol. The summed E-state index contributed by atoms with van der Waals surface area (Å²) in [6.45, 7) is 6.09. The zero-order valence-corrected chi connectivity index (χ0v) is 21.0. The Bertz CT molecular complexity index is 1350. The van der Waals surface area contributed by atoms with Crippen LogP contribution in [0.1, 0.15) is 52.3 Å². The number of H-pyrrole nitrogens is 1. The predicted molar refractivity (Wildman–Crippen MR) is 142 cm³/mol. The van der Waals surface area contributed by atoms with Crippen molar-refractivity contribution in [1.82, 2.24) is 15.5 Å². The molecule has 0 aliphatic carbocycles. The molecule has 0 radical (unpaired) electrons. The lowest BCUT2D eigenvalue weighted by Gasteiger charge is -2.26. The second-order valence-electron chi connectivity index (χ2n) is 9.45. The highest BCUT2D eigenvalue weighted by atomic mass is 32.1. The minimum atomic E-state index is -0.525. The van der Waals surface area contributed by atoms with Crippen molar-refractivity contribution in [1.29, 1.82) is 0 Å². The summed E-state index contributed by atoms with van der Waals surface area (Å²) in [4.78, 5) is 31.4. The van der Waals surface area contributed by atoms with E-state index in [9.17, 15) is 9.59 Å². The van der Waals surface area contributed by atoms with Gasteiger partial charge in [0.15, 0.2) is 0 Å². The van der Waals surface area contributed by atoms with Crippen molar-refractivity contribution in [3.8, 4) is 0 Å². The van der Waals surface area contributed by atoms with Crippen LogP contribution in [-0.2, 0) is 5.54 Å². The Kier molecular flexibility index (Phi) is 6.06. The van der Waals surface area contributed by atoms with E-state index in [2.05, 4.69) is 20.4 Å². The first kappa shape index (κ1) is 23.1. The Labute approximate surface area is 208 Å². The van der Waals surface area contributed by atoms with Crippen LogP contribution in [0.4, 0.5) is 11.5 Å². The van der Waals surface area contributed by atoms with Crippen molar-refractivity contribution in [2.45, 2.75) is 32.2 Å². The third-order valence-electron chi connectivity index (χ3n) is 6.60. The summed E-state index contributed by atoms with van der Waals surface area (Å²) in [5, 5.41) is 11.2. The molecule has 0 saturated carbocycles. The van der Waals surface area contributed by atoms with Crippen LogP contribution >= 0.6 is 11.3 Å². The molecular formula is C27H29N5O2S. The number of rotatable bonds is 6. The monoisotopic (exact) mass is 487 g/mol. The number of amides is 2. The Morgan fingerprint density at radius 1 is 1.06 bits per heavy atom. The maximum absolute atomic E-state index is 13.2. The fourth-order valence-electron chi connectivity index (χ4n) is 4.52. The van der Waals surface area contributed by atoms with E-state index in [0.29, 0.717) is 21.1 Å². The molecule has 2 aromatic carbocycles. The van der Waals surface area contributed by atoms with Crippen molar-refractivity contribution in [2.75, 3.05) is 29.9 Å². The normalized spacial score (nSPS) is 13.9. The van der Waals surface area contributed by atoms with Crippen LogP contribution in [0.25, 0.3) is 10.2 Å². The van der Waals surface area contributed by atoms with Crippen LogP contribution in [0.5, 0.6) is 0 Å². The number of nitrogens with one attached hydrogen (secondary N) is 2. The van der Waals surface area contributed by atoms with Gasteiger partial charge in [-0.05, 0) is 62.6 Å². The topological polar surface area (TPSA) is 81.3 Å². The maximum atomic E-state index is 13.2. The van der Waals surface area contributed by atoms with Gasteiger partial charge in [-0.15, -0.1) is 11.3 Å². The van der Waals surface area contributed by atoms with Crippen LogP contribution in [0.2, 0.25) is 0 Å². The summed E-state index contributed by atoms with van der Waals surface area (Å²) in [5.74, 6) is 0.274. The molecule has 0 spiro atoms. The molecule has 1 aliphatic rings. The highest BCUT2D eigenvalue weighted by molar-refractivity contribution is 7.20. The summed E-state index contributed by atoms with van der Waals surface area (Å²) in [6, 6.07) is 19.4. The number of aromatic amines is 1. The number of hydrogen-bond acceptors (Lipinski definition) is 5. The van der Waals surface area contributed by atoms with Gasteiger partial charge < -0.3 is 10.2 Å². The van der Waals surface area contributed by atoms with Crippen LogP contribution in [-0.4, -0.2) is 42.1 Å². The van der Waals surface area contributed by atoms with Crippen molar-refractivity contribution >= 4 is 44.9 Å². The van der Waals surface area contributed by atoms with Gasteiger partial charge in [-0.2, -0.15) is 5.10 Å². The lowest BCUT2D eigenvalue weighted by atomic mass is 9.94. The molecule has 8 heteroatoms. The van der Waals surface area contributed by atoms with E-state index in [1.54, 1.807) is 18.0 Å². The largest absolute Gasteiger partial charge is 0.372 e. The number of carbonyl (C=O) groups is 2. The molecule has 1 saturated heterocycles. The number of nitrogens with zero attached hydrogens (tertiary/aromatic N) is 3. The molecule has 0 unspecified atom stereocenters. The molecule has 5 rings (SSSR count). The van der Waals surface area contributed by atoms with E-state index < -0.39 is 5.54 Å². The standard InChI is InChI=1S/C27H29N5O2S/c1-27(2,19-9-5-4-6-10-19)28-24(33)22-17-21-23(29-30-25(21)35-22)31(3)26(34)18-11-13-20(14-12-18)32-15-7-8-16-32/h4-6,9-14,17H,7-8,15-16H2,1-3H3,(H,28,33)(H,29,30). The number of hydrogen-bond donors (Lipinski definition) is 2. The number of aromatic nitrogens is 2. The zero-order chi connectivity index (χ0) is 24.6. The minimum absolute atomic E-state index is 0.133. The first-order valence-corrected chi connectivity index (χ1v) is 12.6. The quantitative estimate of drug-likeness (QED) is 0.393. The molecule has 4 aromatic rings. The third kappa shape index (κ3) is 4.53. The van der Waals surface area contributed by atoms with Gasteiger partial charge >= 0.3 is 0 Å². The third-order valence-corrected chi connectivity index (χ3v) is 7.63. The van der Waals surface area contributed by atoms with E-state index in [1.807, 2.05) is 68.4 Å². The van der Waals surface area contributed by atoms with E-state index in [-0.39, 0.29) is 11.8 Å². The molecule has 3 heterocycles. The van der Waals surface area contributed by atoms with Crippen molar-refractivity contribution in [3.05, 3.63) is 76.7 Å². The summed E-state index contributed by atoms with van der Waals surface area (Å²) < 4.78 is 0. The second-order valence-corrected chi connectivity index (χ2v) is 10.5.